The molecule has 0 N–H and O–H groups in total. The molecule has 0 spiro atoms. The second-order valence-corrected chi connectivity index (χ2v) is 3.56. The number of alkyl halides is 3. The number of hydrogen-bond donors (Lipinski definition) is 0. The maximum atomic E-state index is 10.4. The first-order valence-corrected chi connectivity index (χ1v) is 5.82. The van der Waals surface area contributed by atoms with Crippen molar-refractivity contribution in [3.05, 3.63) is 10.1 Å². The first kappa shape index (κ1) is 10.8. The van der Waals surface area contributed by atoms with Crippen molar-refractivity contribution in [1.29, 1.82) is 0 Å². The third-order valence-electron chi connectivity index (χ3n) is 1.13. The van der Waals surface area contributed by atoms with Crippen molar-refractivity contribution in [2.75, 3.05) is 16.0 Å². The quantitative estimate of drug-likeness (QED) is 0.447. The van der Waals surface area contributed by atoms with E-state index in [1.807, 2.05) is 0 Å². The summed E-state index contributed by atoms with van der Waals surface area (Å²) in [4.78, 5) is 10.1. The van der Waals surface area contributed by atoms with Gasteiger partial charge in [-0.3, -0.25) is 10.1 Å². The maximum Gasteiger partial charge on any atom is 0.250 e. The highest BCUT2D eigenvalue weighted by atomic mass is 79.9. The van der Waals surface area contributed by atoms with Gasteiger partial charge in [0.1, 0.15) is 0 Å². The molecule has 3 nitrogen and oxygen atoms in total. The van der Waals surface area contributed by atoms with Crippen LogP contribution >= 0.6 is 47.8 Å². The fourth-order valence-electron chi connectivity index (χ4n) is 0.254. The molecule has 0 aromatic rings. The fraction of sp³-hybridized carbons (Fsp3) is 1.00. The minimum Gasteiger partial charge on any atom is -0.264 e. The summed E-state index contributed by atoms with van der Waals surface area (Å²) >= 11 is 9.28. The predicted octanol–water partition coefficient (Wildman–Crippen LogP) is 2.19. The van der Waals surface area contributed by atoms with Crippen molar-refractivity contribution in [2.45, 2.75) is 5.54 Å². The smallest absolute Gasteiger partial charge is 0.250 e. The Bertz CT molecular complexity index is 117. The van der Waals surface area contributed by atoms with Gasteiger partial charge in [0.2, 0.25) is 0 Å². The molecule has 0 saturated carbocycles. The van der Waals surface area contributed by atoms with Crippen LogP contribution in [0.1, 0.15) is 0 Å². The van der Waals surface area contributed by atoms with Crippen molar-refractivity contribution in [3.8, 4) is 0 Å². The van der Waals surface area contributed by atoms with Crippen LogP contribution in [-0.2, 0) is 0 Å². The van der Waals surface area contributed by atoms with Crippen LogP contribution in [0.2, 0.25) is 0 Å². The molecule has 0 aliphatic carbocycles. The van der Waals surface area contributed by atoms with Crippen molar-refractivity contribution >= 4 is 47.8 Å². The number of rotatable bonds is 4. The first-order valence-electron chi connectivity index (χ1n) is 2.45. The van der Waals surface area contributed by atoms with Gasteiger partial charge in [0.25, 0.3) is 5.54 Å². The molecule has 0 fully saturated rings. The van der Waals surface area contributed by atoms with Gasteiger partial charge in [-0.2, -0.15) is 0 Å². The van der Waals surface area contributed by atoms with Gasteiger partial charge < -0.3 is 0 Å². The molecule has 0 unspecified atom stereocenters. The predicted molar refractivity (Wildman–Crippen MR) is 51.1 cm³/mol. The van der Waals surface area contributed by atoms with Crippen LogP contribution in [-0.4, -0.2) is 26.5 Å². The summed E-state index contributed by atoms with van der Waals surface area (Å²) in [6.07, 6.45) is 0. The summed E-state index contributed by atoms with van der Waals surface area (Å²) in [5.74, 6) is 0. The van der Waals surface area contributed by atoms with Crippen LogP contribution in [0.4, 0.5) is 0 Å². The molecule has 0 bridgehead atoms. The molecule has 10 heavy (non-hydrogen) atoms. The molecule has 0 radical (unpaired) electrons. The van der Waals surface area contributed by atoms with Gasteiger partial charge in [-0.15, -0.1) is 0 Å². The summed E-state index contributed by atoms with van der Waals surface area (Å²) in [5, 5.41) is 11.5. The Hall–Kier alpha value is 0.840. The molecule has 0 atom stereocenters. The van der Waals surface area contributed by atoms with Gasteiger partial charge in [-0.05, 0) is 0 Å². The highest BCUT2D eigenvalue weighted by Crippen LogP contribution is 2.19. The lowest BCUT2D eigenvalue weighted by molar-refractivity contribution is -0.549. The zero-order valence-electron chi connectivity index (χ0n) is 5.02. The van der Waals surface area contributed by atoms with Gasteiger partial charge in [0, 0.05) is 4.92 Å². The van der Waals surface area contributed by atoms with Crippen molar-refractivity contribution in [2.24, 2.45) is 0 Å². The van der Waals surface area contributed by atoms with Crippen molar-refractivity contribution < 1.29 is 4.92 Å². The molecular weight excluding hydrogens is 334 g/mol. The van der Waals surface area contributed by atoms with Crippen LogP contribution in [0.3, 0.4) is 0 Å². The summed E-state index contributed by atoms with van der Waals surface area (Å²) in [7, 11) is 0. The van der Waals surface area contributed by atoms with E-state index in [-0.39, 0.29) is 4.92 Å². The monoisotopic (exact) mass is 337 g/mol. The van der Waals surface area contributed by atoms with Crippen LogP contribution in [0.5, 0.6) is 0 Å². The van der Waals surface area contributed by atoms with E-state index in [0.717, 1.165) is 0 Å². The molecular formula is C4H6Br3NO2. The largest absolute Gasteiger partial charge is 0.264 e. The molecule has 0 rings (SSSR count). The van der Waals surface area contributed by atoms with Crippen molar-refractivity contribution in [3.63, 3.8) is 0 Å². The molecule has 60 valence electrons. The molecule has 0 aliphatic heterocycles. The van der Waals surface area contributed by atoms with Gasteiger partial charge in [-0.25, -0.2) is 0 Å². The zero-order chi connectivity index (χ0) is 8.20. The van der Waals surface area contributed by atoms with Crippen LogP contribution in [0, 0.1) is 10.1 Å². The second kappa shape index (κ2) is 4.66. The van der Waals surface area contributed by atoms with Crippen LogP contribution in [0.15, 0.2) is 0 Å². The Kier molecular flexibility index (Phi) is 5.06. The third-order valence-corrected chi connectivity index (χ3v) is 4.26. The average molecular weight is 340 g/mol. The second-order valence-electron chi connectivity index (χ2n) is 1.88. The van der Waals surface area contributed by atoms with E-state index in [1.165, 1.54) is 0 Å². The molecule has 0 aliphatic rings. The number of hydrogen-bond acceptors (Lipinski definition) is 2. The third kappa shape index (κ3) is 2.17. The lowest BCUT2D eigenvalue weighted by atomic mass is 10.1. The van der Waals surface area contributed by atoms with Gasteiger partial charge >= 0.3 is 0 Å². The normalized spacial score (nSPS) is 11.5. The minimum absolute atomic E-state index is 0.286. The Morgan fingerprint density at radius 1 is 1.20 bits per heavy atom. The van der Waals surface area contributed by atoms with E-state index in [1.54, 1.807) is 0 Å². The fourth-order valence-corrected chi connectivity index (χ4v) is 3.65. The molecule has 0 aromatic carbocycles. The van der Waals surface area contributed by atoms with Crippen LogP contribution in [0.25, 0.3) is 0 Å². The average Bonchev–Trinajstić information content (AvgIpc) is 1.92. The summed E-state index contributed by atoms with van der Waals surface area (Å²) in [6.45, 7) is 0. The van der Waals surface area contributed by atoms with Gasteiger partial charge in [0.05, 0.1) is 16.0 Å². The summed E-state index contributed by atoms with van der Waals surface area (Å²) in [6, 6.07) is 0. The Morgan fingerprint density at radius 3 is 1.50 bits per heavy atom. The lowest BCUT2D eigenvalue weighted by Gasteiger charge is -2.16. The summed E-state index contributed by atoms with van der Waals surface area (Å²) in [5.41, 5.74) is -0.903. The summed E-state index contributed by atoms with van der Waals surface area (Å²) < 4.78 is 0. The number of nitro groups is 1. The first-order chi connectivity index (χ1) is 4.63. The van der Waals surface area contributed by atoms with E-state index in [4.69, 9.17) is 0 Å². The van der Waals surface area contributed by atoms with E-state index < -0.39 is 5.54 Å². The number of halogens is 3. The van der Waals surface area contributed by atoms with E-state index in [9.17, 15) is 10.1 Å². The molecule has 0 saturated heterocycles. The SMILES string of the molecule is O=[N+]([O-])C(CBr)(CBr)CBr. The van der Waals surface area contributed by atoms with E-state index >= 15 is 0 Å². The Labute approximate surface area is 84.1 Å². The Balaban J connectivity index is 4.31. The minimum atomic E-state index is -0.903. The van der Waals surface area contributed by atoms with E-state index in [0.29, 0.717) is 16.0 Å². The topological polar surface area (TPSA) is 43.1 Å². The van der Waals surface area contributed by atoms with Gasteiger partial charge in [-0.1, -0.05) is 47.8 Å². The molecule has 0 amide bonds. The highest BCUT2D eigenvalue weighted by Gasteiger charge is 2.39. The van der Waals surface area contributed by atoms with E-state index in [2.05, 4.69) is 47.8 Å². The van der Waals surface area contributed by atoms with Crippen LogP contribution < -0.4 is 0 Å². The van der Waals surface area contributed by atoms with Crippen molar-refractivity contribution in [1.82, 2.24) is 0 Å². The maximum absolute atomic E-state index is 10.4. The molecule has 0 heterocycles. The zero-order valence-corrected chi connectivity index (χ0v) is 9.78. The Morgan fingerprint density at radius 2 is 1.50 bits per heavy atom. The lowest BCUT2D eigenvalue weighted by Crippen LogP contribution is -2.43. The molecule has 6 heteroatoms. The molecule has 0 aromatic heterocycles. The highest BCUT2D eigenvalue weighted by molar-refractivity contribution is 9.10. The number of nitrogens with zero attached hydrogens (tertiary/aromatic N) is 1. The standard InChI is InChI=1S/C4H6Br3NO2/c5-1-4(2-6,3-7)8(9)10/h1-3H2. The van der Waals surface area contributed by atoms with Gasteiger partial charge in [0.15, 0.2) is 0 Å².